The monoisotopic (exact) mass is 365 g/mol. The third kappa shape index (κ3) is 4.88. The molecule has 7 heteroatoms. The molecule has 0 fully saturated rings. The fraction of sp³-hybridized carbons (Fsp3) is 0.176. The maximum absolute atomic E-state index is 11.8. The van der Waals surface area contributed by atoms with Gasteiger partial charge >= 0.3 is 0 Å². The topological polar surface area (TPSA) is 73.7 Å². The largest absolute Gasteiger partial charge is 0.506 e. The first-order valence-corrected chi connectivity index (χ1v) is 7.93. The molecular formula is C17H17Cl2N3O2. The summed E-state index contributed by atoms with van der Waals surface area (Å²) in [5, 5.41) is 17.1. The van der Waals surface area contributed by atoms with Gasteiger partial charge in [0.2, 0.25) is 0 Å². The van der Waals surface area contributed by atoms with Gasteiger partial charge in [-0.05, 0) is 37.6 Å². The van der Waals surface area contributed by atoms with Crippen LogP contribution in [-0.4, -0.2) is 23.8 Å². The number of phenolic OH excluding ortho intramolecular Hbond substituents is 1. The molecular weight excluding hydrogens is 349 g/mol. The smallest absolute Gasteiger partial charge is 0.259 e. The number of anilines is 1. The van der Waals surface area contributed by atoms with Crippen LogP contribution in [0.1, 0.15) is 16.7 Å². The van der Waals surface area contributed by atoms with Crippen molar-refractivity contribution in [1.82, 2.24) is 5.43 Å². The molecule has 2 rings (SSSR count). The number of benzene rings is 2. The molecule has 0 aliphatic carbocycles. The normalized spacial score (nSPS) is 10.8. The van der Waals surface area contributed by atoms with Crippen LogP contribution >= 0.6 is 23.2 Å². The van der Waals surface area contributed by atoms with E-state index in [1.165, 1.54) is 18.3 Å². The summed E-state index contributed by atoms with van der Waals surface area (Å²) in [6, 6.07) is 8.84. The van der Waals surface area contributed by atoms with Gasteiger partial charge in [-0.2, -0.15) is 5.10 Å². The van der Waals surface area contributed by atoms with E-state index in [0.717, 1.165) is 16.8 Å². The molecule has 0 radical (unpaired) electrons. The van der Waals surface area contributed by atoms with Crippen LogP contribution in [0, 0.1) is 13.8 Å². The number of carbonyl (C=O) groups excluding carboxylic acids is 1. The number of hydrogen-bond acceptors (Lipinski definition) is 4. The van der Waals surface area contributed by atoms with Gasteiger partial charge in [-0.1, -0.05) is 40.9 Å². The Hall–Kier alpha value is -2.24. The SMILES string of the molecule is Cc1ccc(NCC(=O)N/N=C\c2cc(Cl)cc(Cl)c2O)c(C)c1. The highest BCUT2D eigenvalue weighted by Gasteiger charge is 2.06. The van der Waals surface area contributed by atoms with Crippen LogP contribution in [-0.2, 0) is 4.79 Å². The first-order valence-electron chi connectivity index (χ1n) is 7.18. The third-order valence-electron chi connectivity index (χ3n) is 3.27. The Bertz CT molecular complexity index is 792. The summed E-state index contributed by atoms with van der Waals surface area (Å²) in [5.74, 6) is -0.466. The zero-order chi connectivity index (χ0) is 17.7. The molecule has 5 nitrogen and oxygen atoms in total. The van der Waals surface area contributed by atoms with E-state index < -0.39 is 0 Å². The van der Waals surface area contributed by atoms with Gasteiger partial charge in [0.05, 0.1) is 17.8 Å². The van der Waals surface area contributed by atoms with Crippen molar-refractivity contribution in [2.45, 2.75) is 13.8 Å². The number of amides is 1. The molecule has 0 aliphatic rings. The van der Waals surface area contributed by atoms with Gasteiger partial charge in [-0.3, -0.25) is 4.79 Å². The molecule has 0 heterocycles. The van der Waals surface area contributed by atoms with Crippen LogP contribution in [0.2, 0.25) is 10.0 Å². The van der Waals surface area contributed by atoms with Crippen molar-refractivity contribution in [2.75, 3.05) is 11.9 Å². The first-order chi connectivity index (χ1) is 11.4. The second-order valence-corrected chi connectivity index (χ2v) is 6.13. The molecule has 2 aromatic carbocycles. The van der Waals surface area contributed by atoms with E-state index in [4.69, 9.17) is 23.2 Å². The Balaban J connectivity index is 1.91. The van der Waals surface area contributed by atoms with Crippen molar-refractivity contribution in [3.8, 4) is 5.75 Å². The van der Waals surface area contributed by atoms with Crippen molar-refractivity contribution >= 4 is 41.0 Å². The summed E-state index contributed by atoms with van der Waals surface area (Å²) >= 11 is 11.7. The molecule has 24 heavy (non-hydrogen) atoms. The molecule has 0 bridgehead atoms. The maximum atomic E-state index is 11.8. The Morgan fingerprint density at radius 1 is 1.25 bits per heavy atom. The highest BCUT2D eigenvalue weighted by atomic mass is 35.5. The van der Waals surface area contributed by atoms with Gasteiger partial charge in [-0.25, -0.2) is 5.43 Å². The molecule has 0 saturated carbocycles. The predicted octanol–water partition coefficient (Wildman–Crippen LogP) is 3.88. The summed E-state index contributed by atoms with van der Waals surface area (Å²) in [6.45, 7) is 4.05. The quantitative estimate of drug-likeness (QED) is 0.555. The lowest BCUT2D eigenvalue weighted by molar-refractivity contribution is -0.119. The predicted molar refractivity (Wildman–Crippen MR) is 98.3 cm³/mol. The van der Waals surface area contributed by atoms with Gasteiger partial charge in [-0.15, -0.1) is 0 Å². The van der Waals surface area contributed by atoms with E-state index in [-0.39, 0.29) is 23.2 Å². The Labute approximate surface area is 150 Å². The van der Waals surface area contributed by atoms with Crippen molar-refractivity contribution in [3.05, 3.63) is 57.1 Å². The number of phenols is 1. The fourth-order valence-electron chi connectivity index (χ4n) is 2.09. The maximum Gasteiger partial charge on any atom is 0.259 e. The lowest BCUT2D eigenvalue weighted by Gasteiger charge is -2.09. The first kappa shape index (κ1) is 18.1. The van der Waals surface area contributed by atoms with Gasteiger partial charge < -0.3 is 10.4 Å². The number of rotatable bonds is 5. The summed E-state index contributed by atoms with van der Waals surface area (Å²) in [7, 11) is 0. The molecule has 0 saturated heterocycles. The number of halogens is 2. The van der Waals surface area contributed by atoms with Gasteiger partial charge in [0, 0.05) is 16.3 Å². The zero-order valence-corrected chi connectivity index (χ0v) is 14.7. The summed E-state index contributed by atoms with van der Waals surface area (Å²) in [6.07, 6.45) is 1.28. The number of nitrogens with zero attached hydrogens (tertiary/aromatic N) is 1. The Morgan fingerprint density at radius 3 is 2.71 bits per heavy atom. The summed E-state index contributed by atoms with van der Waals surface area (Å²) < 4.78 is 0. The minimum absolute atomic E-state index is 0.0729. The number of aryl methyl sites for hydroxylation is 2. The highest BCUT2D eigenvalue weighted by Crippen LogP contribution is 2.29. The van der Waals surface area contributed by atoms with Crippen LogP contribution in [0.3, 0.4) is 0 Å². The Morgan fingerprint density at radius 2 is 2.00 bits per heavy atom. The third-order valence-corrected chi connectivity index (χ3v) is 3.78. The summed E-state index contributed by atoms with van der Waals surface area (Å²) in [5.41, 5.74) is 5.79. The second-order valence-electron chi connectivity index (χ2n) is 5.29. The molecule has 1 amide bonds. The lowest BCUT2D eigenvalue weighted by atomic mass is 10.1. The summed E-state index contributed by atoms with van der Waals surface area (Å²) in [4.78, 5) is 11.8. The van der Waals surface area contributed by atoms with E-state index in [0.29, 0.717) is 10.6 Å². The Kier molecular flexibility index (Phi) is 6.06. The number of nitrogens with one attached hydrogen (secondary N) is 2. The second kappa shape index (κ2) is 8.04. The van der Waals surface area contributed by atoms with Crippen LogP contribution in [0.4, 0.5) is 5.69 Å². The number of hydrogen-bond donors (Lipinski definition) is 3. The van der Waals surface area contributed by atoms with Crippen molar-refractivity contribution in [3.63, 3.8) is 0 Å². The molecule has 3 N–H and O–H groups in total. The fourth-order valence-corrected chi connectivity index (χ4v) is 2.59. The van der Waals surface area contributed by atoms with E-state index in [9.17, 15) is 9.90 Å². The van der Waals surface area contributed by atoms with Gasteiger partial charge in [0.15, 0.2) is 0 Å². The molecule has 0 spiro atoms. The van der Waals surface area contributed by atoms with Gasteiger partial charge in [0.1, 0.15) is 5.75 Å². The van der Waals surface area contributed by atoms with E-state index >= 15 is 0 Å². The zero-order valence-electron chi connectivity index (χ0n) is 13.2. The molecule has 0 atom stereocenters. The molecule has 2 aromatic rings. The van der Waals surface area contributed by atoms with Crippen molar-refractivity contribution in [1.29, 1.82) is 0 Å². The molecule has 0 unspecified atom stereocenters. The van der Waals surface area contributed by atoms with Crippen LogP contribution in [0.15, 0.2) is 35.4 Å². The number of hydrazone groups is 1. The highest BCUT2D eigenvalue weighted by molar-refractivity contribution is 6.36. The molecule has 0 aliphatic heterocycles. The minimum atomic E-state index is -0.321. The van der Waals surface area contributed by atoms with E-state index in [1.54, 1.807) is 0 Å². The van der Waals surface area contributed by atoms with Crippen LogP contribution < -0.4 is 10.7 Å². The van der Waals surface area contributed by atoms with E-state index in [1.807, 2.05) is 32.0 Å². The number of carbonyl (C=O) groups is 1. The molecule has 126 valence electrons. The van der Waals surface area contributed by atoms with Gasteiger partial charge in [0.25, 0.3) is 5.91 Å². The van der Waals surface area contributed by atoms with Crippen LogP contribution in [0.5, 0.6) is 5.75 Å². The number of aromatic hydroxyl groups is 1. The lowest BCUT2D eigenvalue weighted by Crippen LogP contribution is -2.26. The minimum Gasteiger partial charge on any atom is -0.506 e. The van der Waals surface area contributed by atoms with Crippen molar-refractivity contribution in [2.24, 2.45) is 5.10 Å². The average Bonchev–Trinajstić information content (AvgIpc) is 2.51. The standard InChI is InChI=1S/C17H17Cl2N3O2/c1-10-3-4-15(11(2)5-10)20-9-16(23)22-21-8-12-6-13(18)7-14(19)17(12)24/h3-8,20,24H,9H2,1-2H3,(H,22,23)/b21-8-. The molecule has 0 aromatic heterocycles. The average molecular weight is 366 g/mol. The van der Waals surface area contributed by atoms with Crippen LogP contribution in [0.25, 0.3) is 0 Å². The van der Waals surface area contributed by atoms with E-state index in [2.05, 4.69) is 15.8 Å². The van der Waals surface area contributed by atoms with Crippen molar-refractivity contribution < 1.29 is 9.90 Å².